The van der Waals surface area contributed by atoms with E-state index in [4.69, 9.17) is 25.8 Å². The van der Waals surface area contributed by atoms with Gasteiger partial charge in [0.1, 0.15) is 29.3 Å². The lowest BCUT2D eigenvalue weighted by Gasteiger charge is -2.32. The maximum Gasteiger partial charge on any atom is 0.361 e. The number of rotatable bonds is 11. The molecule has 214 valence electrons. The highest BCUT2D eigenvalue weighted by Crippen LogP contribution is 2.51. The quantitative estimate of drug-likeness (QED) is 0.140. The SMILES string of the molecule is COCC(CO)(OC[C@H]1O[C@@H](n2ncc3c(N[C@@H](C)c4ccc(F)cc4)cc(Cl)nc32)[C@H](O)[C@@H]1O)P(=O)(O)O. The molecular weight excluding hydrogens is 562 g/mol. The highest BCUT2D eigenvalue weighted by Gasteiger charge is 2.51. The number of aromatic nitrogens is 3. The number of aliphatic hydroxyl groups excluding tert-OH is 3. The third-order valence-electron chi connectivity index (χ3n) is 6.52. The summed E-state index contributed by atoms with van der Waals surface area (Å²) in [6.45, 7) is -0.436. The van der Waals surface area contributed by atoms with Crippen LogP contribution in [0.5, 0.6) is 0 Å². The van der Waals surface area contributed by atoms with Gasteiger partial charge in [0.05, 0.1) is 37.1 Å². The van der Waals surface area contributed by atoms with Crippen molar-refractivity contribution in [2.45, 2.75) is 42.8 Å². The van der Waals surface area contributed by atoms with Crippen molar-refractivity contribution in [3.05, 3.63) is 53.1 Å². The fraction of sp³-hybridized carbons (Fsp3) is 0.478. The van der Waals surface area contributed by atoms with E-state index in [0.29, 0.717) is 11.1 Å². The molecule has 13 nitrogen and oxygen atoms in total. The lowest BCUT2D eigenvalue weighted by molar-refractivity contribution is -0.125. The van der Waals surface area contributed by atoms with E-state index in [0.717, 1.165) is 5.56 Å². The molecule has 0 radical (unpaired) electrons. The first-order chi connectivity index (χ1) is 18.4. The predicted molar refractivity (Wildman–Crippen MR) is 137 cm³/mol. The Morgan fingerprint density at radius 3 is 2.59 bits per heavy atom. The molecule has 2 aromatic heterocycles. The lowest BCUT2D eigenvalue weighted by atomic mass is 10.1. The first-order valence-electron chi connectivity index (χ1n) is 11.8. The summed E-state index contributed by atoms with van der Waals surface area (Å²) < 4.78 is 42.5. The van der Waals surface area contributed by atoms with Crippen LogP contribution in [0.1, 0.15) is 24.8 Å². The van der Waals surface area contributed by atoms with Gasteiger partial charge in [0.25, 0.3) is 0 Å². The summed E-state index contributed by atoms with van der Waals surface area (Å²) in [5, 5.41) is 36.8. The van der Waals surface area contributed by atoms with E-state index >= 15 is 0 Å². The Morgan fingerprint density at radius 2 is 1.97 bits per heavy atom. The minimum Gasteiger partial charge on any atom is -0.393 e. The lowest BCUT2D eigenvalue weighted by Crippen LogP contribution is -2.44. The first kappa shape index (κ1) is 29.7. The third kappa shape index (κ3) is 5.95. The van der Waals surface area contributed by atoms with Crippen molar-refractivity contribution >= 4 is 35.9 Å². The molecule has 1 unspecified atom stereocenters. The standard InChI is InChI=1S/C23H29ClFN4O9P/c1-12(13-3-5-14(25)6-4-13)27-16-7-18(24)28-21-15(16)8-26-29(21)22-20(32)19(31)17(38-22)9-37-23(10-30,11-36-2)39(33,34)35/h3-8,12,17,19-20,22,30-32H,9-11H2,1-2H3,(H,27,28)(H2,33,34,35)/t12-,17+,19+,20+,22+,23?/m0/s1. The first-order valence-corrected chi connectivity index (χ1v) is 13.8. The number of anilines is 1. The van der Waals surface area contributed by atoms with E-state index in [-0.39, 0.29) is 22.7 Å². The number of pyridine rings is 1. The van der Waals surface area contributed by atoms with Gasteiger partial charge in [0, 0.05) is 13.2 Å². The minimum absolute atomic E-state index is 0.0971. The van der Waals surface area contributed by atoms with Crippen LogP contribution in [0.25, 0.3) is 11.0 Å². The molecular formula is C23H29ClFN4O9P. The molecule has 3 heterocycles. The van der Waals surface area contributed by atoms with Crippen LogP contribution in [-0.2, 0) is 18.8 Å². The maximum absolute atomic E-state index is 13.3. The number of aliphatic hydroxyl groups is 3. The number of ether oxygens (including phenoxy) is 3. The Labute approximate surface area is 227 Å². The Bertz CT molecular complexity index is 1340. The van der Waals surface area contributed by atoms with Crippen molar-refractivity contribution in [2.24, 2.45) is 0 Å². The molecule has 1 aromatic carbocycles. The zero-order valence-electron chi connectivity index (χ0n) is 20.9. The number of methoxy groups -OCH3 is 1. The number of hydrogen-bond acceptors (Lipinski definition) is 10. The summed E-state index contributed by atoms with van der Waals surface area (Å²) in [7, 11) is -3.85. The van der Waals surface area contributed by atoms with Gasteiger partial charge in [0.15, 0.2) is 11.9 Å². The molecule has 6 atom stereocenters. The maximum atomic E-state index is 13.3. The fourth-order valence-corrected chi connectivity index (χ4v) is 5.20. The molecule has 1 aliphatic heterocycles. The molecule has 3 aromatic rings. The van der Waals surface area contributed by atoms with Gasteiger partial charge in [0.2, 0.25) is 5.34 Å². The van der Waals surface area contributed by atoms with Crippen LogP contribution in [0, 0.1) is 5.82 Å². The molecule has 4 rings (SSSR count). The molecule has 16 heteroatoms. The van der Waals surface area contributed by atoms with Crippen molar-refractivity contribution in [1.82, 2.24) is 14.8 Å². The predicted octanol–water partition coefficient (Wildman–Crippen LogP) is 1.55. The Hall–Kier alpha value is -2.23. The van der Waals surface area contributed by atoms with Gasteiger partial charge in [-0.05, 0) is 30.7 Å². The summed E-state index contributed by atoms with van der Waals surface area (Å²) >= 11 is 6.27. The number of benzene rings is 1. The van der Waals surface area contributed by atoms with Crippen molar-refractivity contribution < 1.29 is 48.3 Å². The highest BCUT2D eigenvalue weighted by molar-refractivity contribution is 7.53. The molecule has 0 aliphatic carbocycles. The normalized spacial score (nSPS) is 24.1. The van der Waals surface area contributed by atoms with E-state index in [9.17, 15) is 34.1 Å². The number of nitrogens with zero attached hydrogens (tertiary/aromatic N) is 3. The fourth-order valence-electron chi connectivity index (χ4n) is 4.29. The van der Waals surface area contributed by atoms with Crippen LogP contribution in [0.3, 0.4) is 0 Å². The van der Waals surface area contributed by atoms with E-state index in [2.05, 4.69) is 15.4 Å². The smallest absolute Gasteiger partial charge is 0.361 e. The summed E-state index contributed by atoms with van der Waals surface area (Å²) in [4.78, 5) is 23.7. The van der Waals surface area contributed by atoms with Crippen LogP contribution in [-0.4, -0.2) is 90.5 Å². The van der Waals surface area contributed by atoms with E-state index in [1.807, 2.05) is 6.92 Å². The van der Waals surface area contributed by atoms with Gasteiger partial charge in [-0.1, -0.05) is 23.7 Å². The molecule has 1 aliphatic rings. The Morgan fingerprint density at radius 1 is 1.28 bits per heavy atom. The second-order valence-corrected chi connectivity index (χ2v) is 11.5. The third-order valence-corrected chi connectivity index (χ3v) is 8.17. The molecule has 0 spiro atoms. The number of fused-ring (bicyclic) bond motifs is 1. The van der Waals surface area contributed by atoms with Crippen molar-refractivity contribution in [3.8, 4) is 0 Å². The van der Waals surface area contributed by atoms with E-state index in [1.165, 1.54) is 30.1 Å². The van der Waals surface area contributed by atoms with Gasteiger partial charge < -0.3 is 44.6 Å². The van der Waals surface area contributed by atoms with Gasteiger partial charge in [-0.25, -0.2) is 14.1 Å². The average molecular weight is 591 g/mol. The Kier molecular flexibility index (Phi) is 8.93. The highest BCUT2D eigenvalue weighted by atomic mass is 35.5. The average Bonchev–Trinajstić information content (AvgIpc) is 3.42. The zero-order valence-corrected chi connectivity index (χ0v) is 22.5. The molecule has 39 heavy (non-hydrogen) atoms. The molecule has 1 fully saturated rings. The van der Waals surface area contributed by atoms with Crippen LogP contribution < -0.4 is 5.32 Å². The minimum atomic E-state index is -5.02. The summed E-state index contributed by atoms with van der Waals surface area (Å²) in [5.74, 6) is -0.356. The molecule has 6 N–H and O–H groups in total. The van der Waals surface area contributed by atoms with E-state index in [1.54, 1.807) is 18.2 Å². The molecule has 0 amide bonds. The topological polar surface area (TPSA) is 189 Å². The number of nitrogens with one attached hydrogen (secondary N) is 1. The molecule has 0 saturated carbocycles. The molecule has 1 saturated heterocycles. The van der Waals surface area contributed by atoms with Crippen LogP contribution in [0.15, 0.2) is 36.5 Å². The van der Waals surface area contributed by atoms with Gasteiger partial charge in [-0.15, -0.1) is 0 Å². The van der Waals surface area contributed by atoms with Crippen molar-refractivity contribution in [2.75, 3.05) is 32.2 Å². The second kappa shape index (κ2) is 11.7. The van der Waals surface area contributed by atoms with Crippen molar-refractivity contribution in [1.29, 1.82) is 0 Å². The van der Waals surface area contributed by atoms with Crippen LogP contribution >= 0.6 is 19.2 Å². The van der Waals surface area contributed by atoms with Gasteiger partial charge in [-0.2, -0.15) is 5.10 Å². The summed E-state index contributed by atoms with van der Waals surface area (Å²) in [6.07, 6.45) is -4.12. The second-order valence-electron chi connectivity index (χ2n) is 9.18. The largest absolute Gasteiger partial charge is 0.393 e. The molecule has 0 bridgehead atoms. The number of hydrogen-bond donors (Lipinski definition) is 6. The van der Waals surface area contributed by atoms with Crippen LogP contribution in [0.2, 0.25) is 5.15 Å². The van der Waals surface area contributed by atoms with Gasteiger partial charge >= 0.3 is 7.60 Å². The number of halogens is 2. The monoisotopic (exact) mass is 590 g/mol. The van der Waals surface area contributed by atoms with Gasteiger partial charge in [-0.3, -0.25) is 4.57 Å². The van der Waals surface area contributed by atoms with Crippen LogP contribution in [0.4, 0.5) is 10.1 Å². The zero-order chi connectivity index (χ0) is 28.5. The van der Waals surface area contributed by atoms with Crippen molar-refractivity contribution in [3.63, 3.8) is 0 Å². The Balaban J connectivity index is 1.57. The summed E-state index contributed by atoms with van der Waals surface area (Å²) in [6, 6.07) is 7.33. The van der Waals surface area contributed by atoms with E-state index < -0.39 is 57.3 Å². The summed E-state index contributed by atoms with van der Waals surface area (Å²) in [5.41, 5.74) is 1.58.